The quantitative estimate of drug-likeness (QED) is 0.686. The lowest BCUT2D eigenvalue weighted by Crippen LogP contribution is -2.46. The van der Waals surface area contributed by atoms with E-state index in [1.54, 1.807) is 12.1 Å². The van der Waals surface area contributed by atoms with E-state index < -0.39 is 9.84 Å². The van der Waals surface area contributed by atoms with Crippen molar-refractivity contribution < 1.29 is 13.2 Å². The summed E-state index contributed by atoms with van der Waals surface area (Å²) in [4.78, 5) is 18.9. The van der Waals surface area contributed by atoms with E-state index in [0.29, 0.717) is 11.1 Å². The number of benzene rings is 1. The number of nitrogens with zero attached hydrogens (tertiary/aromatic N) is 2. The number of pyridine rings is 1. The van der Waals surface area contributed by atoms with Gasteiger partial charge >= 0.3 is 0 Å². The van der Waals surface area contributed by atoms with E-state index in [1.165, 1.54) is 24.5 Å². The smallest absolute Gasteiger partial charge is 0.256 e. The Morgan fingerprint density at radius 2 is 1.89 bits per heavy atom. The zero-order chi connectivity index (χ0) is 20.7. The molecule has 0 spiro atoms. The molecule has 3 rings (SSSR count). The molecule has 0 aliphatic carbocycles. The summed E-state index contributed by atoms with van der Waals surface area (Å²) in [6.45, 7) is 6.10. The number of carbonyl (C=O) groups excluding carboxylic acids is 1. The molecule has 0 radical (unpaired) electrons. The largest absolute Gasteiger partial charge is 0.331 e. The van der Waals surface area contributed by atoms with Crippen LogP contribution in [0.5, 0.6) is 0 Å². The van der Waals surface area contributed by atoms with Crippen molar-refractivity contribution in [1.82, 2.24) is 9.88 Å². The monoisotopic (exact) mass is 440 g/mol. The predicted molar refractivity (Wildman–Crippen MR) is 111 cm³/mol. The molecule has 5 nitrogen and oxygen atoms in total. The fraction of sp³-hybridized carbons (Fsp3) is 0.400. The van der Waals surface area contributed by atoms with Gasteiger partial charge in [-0.05, 0) is 57.4 Å². The zero-order valence-corrected chi connectivity index (χ0v) is 18.3. The van der Waals surface area contributed by atoms with E-state index in [4.69, 9.17) is 23.2 Å². The molecule has 1 aromatic carbocycles. The van der Waals surface area contributed by atoms with E-state index in [1.807, 2.05) is 25.7 Å². The van der Waals surface area contributed by atoms with Crippen LogP contribution in [0.3, 0.4) is 0 Å². The topological polar surface area (TPSA) is 67.3 Å². The molecular weight excluding hydrogens is 419 g/mol. The number of likely N-dealkylation sites (tertiary alicyclic amines) is 1. The van der Waals surface area contributed by atoms with Crippen molar-refractivity contribution >= 4 is 38.9 Å². The number of sulfone groups is 1. The Bertz CT molecular complexity index is 1000. The number of aromatic nitrogens is 1. The van der Waals surface area contributed by atoms with Crippen LogP contribution < -0.4 is 0 Å². The van der Waals surface area contributed by atoms with Gasteiger partial charge in [0, 0.05) is 24.0 Å². The van der Waals surface area contributed by atoms with Gasteiger partial charge in [0.25, 0.3) is 5.91 Å². The lowest BCUT2D eigenvalue weighted by atomic mass is 10.0. The number of hydrogen-bond donors (Lipinski definition) is 0. The lowest BCUT2D eigenvalue weighted by molar-refractivity contribution is 0.0577. The van der Waals surface area contributed by atoms with Crippen LogP contribution in [0.25, 0.3) is 0 Å². The first-order valence-electron chi connectivity index (χ1n) is 8.97. The van der Waals surface area contributed by atoms with E-state index in [9.17, 15) is 13.2 Å². The first kappa shape index (κ1) is 21.1. The molecule has 8 heteroatoms. The molecule has 0 saturated carbocycles. The van der Waals surface area contributed by atoms with Crippen LogP contribution in [0, 0.1) is 0 Å². The molecule has 1 saturated heterocycles. The molecular formula is C20H22Cl2N2O3S. The molecule has 150 valence electrons. The summed E-state index contributed by atoms with van der Waals surface area (Å²) >= 11 is 12.1. The van der Waals surface area contributed by atoms with Crippen LogP contribution in [0.2, 0.25) is 10.0 Å². The van der Waals surface area contributed by atoms with Crippen LogP contribution in [0.1, 0.15) is 49.5 Å². The summed E-state index contributed by atoms with van der Waals surface area (Å²) in [6.07, 6.45) is 4.78. The van der Waals surface area contributed by atoms with Gasteiger partial charge in [-0.1, -0.05) is 29.3 Å². The molecule has 1 aliphatic heterocycles. The fourth-order valence-electron chi connectivity index (χ4n) is 3.78. The minimum absolute atomic E-state index is 0.0698. The van der Waals surface area contributed by atoms with Gasteiger partial charge in [-0.25, -0.2) is 8.42 Å². The molecule has 1 atom stereocenters. The second kappa shape index (κ2) is 7.65. The minimum atomic E-state index is -3.80. The van der Waals surface area contributed by atoms with Crippen LogP contribution in [-0.2, 0) is 15.6 Å². The van der Waals surface area contributed by atoms with Crippen molar-refractivity contribution in [1.29, 1.82) is 0 Å². The highest BCUT2D eigenvalue weighted by Gasteiger charge is 2.40. The van der Waals surface area contributed by atoms with E-state index in [2.05, 4.69) is 4.98 Å². The number of carbonyl (C=O) groups is 1. The van der Waals surface area contributed by atoms with E-state index >= 15 is 0 Å². The molecule has 1 aliphatic rings. The Morgan fingerprint density at radius 3 is 2.46 bits per heavy atom. The van der Waals surface area contributed by atoms with Gasteiger partial charge in [0.2, 0.25) is 0 Å². The van der Waals surface area contributed by atoms with Crippen molar-refractivity contribution in [3.8, 4) is 0 Å². The third-order valence-electron chi connectivity index (χ3n) is 5.11. The predicted octanol–water partition coefficient (Wildman–Crippen LogP) is 4.77. The van der Waals surface area contributed by atoms with Crippen molar-refractivity contribution in [2.24, 2.45) is 0 Å². The molecule has 1 unspecified atom stereocenters. The molecule has 2 aromatic rings. The standard InChI is InChI=1S/C20H22Cl2N2O3S/c1-13-7-8-20(2,3)24(13)19(25)15-9-14(10-23-11-15)12-28(26,27)18-16(21)5-4-6-17(18)22/h4-6,9-11,13H,7-8,12H2,1-3H3. The Kier molecular flexibility index (Phi) is 5.76. The first-order chi connectivity index (χ1) is 13.0. The van der Waals surface area contributed by atoms with Crippen molar-refractivity contribution in [2.75, 3.05) is 0 Å². The van der Waals surface area contributed by atoms with Gasteiger partial charge in [0.1, 0.15) is 4.90 Å². The zero-order valence-electron chi connectivity index (χ0n) is 15.9. The number of rotatable bonds is 4. The Balaban J connectivity index is 1.91. The molecule has 1 fully saturated rings. The molecule has 1 amide bonds. The second-order valence-corrected chi connectivity index (χ2v) is 10.5. The van der Waals surface area contributed by atoms with Gasteiger partial charge in [-0.3, -0.25) is 9.78 Å². The highest BCUT2D eigenvalue weighted by atomic mass is 35.5. The number of hydrogen-bond acceptors (Lipinski definition) is 4. The third kappa shape index (κ3) is 4.04. The second-order valence-electron chi connectivity index (χ2n) is 7.77. The summed E-state index contributed by atoms with van der Waals surface area (Å²) in [5, 5.41) is 0.140. The Labute approximate surface area is 175 Å². The minimum Gasteiger partial charge on any atom is -0.331 e. The maximum Gasteiger partial charge on any atom is 0.256 e. The number of halogens is 2. The highest BCUT2D eigenvalue weighted by molar-refractivity contribution is 7.90. The summed E-state index contributed by atoms with van der Waals surface area (Å²) in [5.41, 5.74) is 0.537. The van der Waals surface area contributed by atoms with Crippen LogP contribution in [-0.4, -0.2) is 35.8 Å². The maximum atomic E-state index is 13.1. The summed E-state index contributed by atoms with van der Waals surface area (Å²) < 4.78 is 25.7. The SMILES string of the molecule is CC1CCC(C)(C)N1C(=O)c1cncc(CS(=O)(=O)c2c(Cl)cccc2Cl)c1. The van der Waals surface area contributed by atoms with Gasteiger partial charge in [-0.15, -0.1) is 0 Å². The molecule has 2 heterocycles. The molecule has 1 aromatic heterocycles. The third-order valence-corrected chi connectivity index (χ3v) is 7.74. The van der Waals surface area contributed by atoms with Gasteiger partial charge < -0.3 is 4.90 Å². The Morgan fingerprint density at radius 1 is 1.25 bits per heavy atom. The van der Waals surface area contributed by atoms with Crippen molar-refractivity contribution in [3.05, 3.63) is 57.8 Å². The lowest BCUT2D eigenvalue weighted by Gasteiger charge is -2.34. The van der Waals surface area contributed by atoms with Crippen LogP contribution in [0.4, 0.5) is 0 Å². The van der Waals surface area contributed by atoms with Gasteiger partial charge in [-0.2, -0.15) is 0 Å². The average Bonchev–Trinajstić information content (AvgIpc) is 2.86. The van der Waals surface area contributed by atoms with E-state index in [-0.39, 0.29) is 38.2 Å². The van der Waals surface area contributed by atoms with Crippen molar-refractivity contribution in [2.45, 2.75) is 55.8 Å². The summed E-state index contributed by atoms with van der Waals surface area (Å²) in [6, 6.07) is 6.25. The fourth-order valence-corrected chi connectivity index (χ4v) is 6.35. The van der Waals surface area contributed by atoms with Gasteiger partial charge in [0.05, 0.1) is 21.4 Å². The van der Waals surface area contributed by atoms with Crippen LogP contribution >= 0.6 is 23.2 Å². The molecule has 0 bridgehead atoms. The normalized spacial score (nSPS) is 19.0. The first-order valence-corrected chi connectivity index (χ1v) is 11.4. The summed E-state index contributed by atoms with van der Waals surface area (Å²) in [5.74, 6) is -0.485. The summed E-state index contributed by atoms with van der Waals surface area (Å²) in [7, 11) is -3.80. The average molecular weight is 441 g/mol. The highest BCUT2D eigenvalue weighted by Crippen LogP contribution is 2.35. The molecule has 28 heavy (non-hydrogen) atoms. The van der Waals surface area contributed by atoms with Gasteiger partial charge in [0.15, 0.2) is 9.84 Å². The number of amides is 1. The maximum absolute atomic E-state index is 13.1. The Hall–Kier alpha value is -1.63. The van der Waals surface area contributed by atoms with Crippen molar-refractivity contribution in [3.63, 3.8) is 0 Å². The van der Waals surface area contributed by atoms with E-state index in [0.717, 1.165) is 12.8 Å². The van der Waals surface area contributed by atoms with Crippen LogP contribution in [0.15, 0.2) is 41.6 Å². The molecule has 0 N–H and O–H groups in total.